The van der Waals surface area contributed by atoms with E-state index in [1.54, 1.807) is 14.2 Å². The van der Waals surface area contributed by atoms with Crippen LogP contribution in [0.3, 0.4) is 0 Å². The molecular weight excluding hydrogens is 292 g/mol. The van der Waals surface area contributed by atoms with Crippen LogP contribution >= 0.6 is 15.9 Å². The lowest BCUT2D eigenvalue weighted by Crippen LogP contribution is -1.96. The smallest absolute Gasteiger partial charge is 0.0696 e. The van der Waals surface area contributed by atoms with Crippen molar-refractivity contribution < 1.29 is 9.47 Å². The monoisotopic (exact) mass is 318 g/mol. The first-order valence-corrected chi connectivity index (χ1v) is 7.46. The molecule has 0 aliphatic carbocycles. The maximum atomic E-state index is 4.66. The van der Waals surface area contributed by atoms with Gasteiger partial charge in [0.25, 0.3) is 0 Å². The summed E-state index contributed by atoms with van der Waals surface area (Å²) in [6.45, 7) is 5.68. The van der Waals surface area contributed by atoms with Crippen LogP contribution in [-0.4, -0.2) is 32.8 Å². The molecule has 1 aromatic rings. The van der Waals surface area contributed by atoms with Crippen molar-refractivity contribution in [2.75, 3.05) is 32.8 Å². The minimum atomic E-state index is 0.691. The topological polar surface area (TPSA) is 18.5 Å². The van der Waals surface area contributed by atoms with Gasteiger partial charge < -0.3 is 9.47 Å². The summed E-state index contributed by atoms with van der Waals surface area (Å²) in [6, 6.07) is 10.5. The van der Waals surface area contributed by atoms with Gasteiger partial charge in [0, 0.05) is 19.5 Å². The van der Waals surface area contributed by atoms with E-state index in [4.69, 9.17) is 0 Å². The van der Waals surface area contributed by atoms with E-state index >= 15 is 0 Å². The molecule has 0 bridgehead atoms. The van der Waals surface area contributed by atoms with Crippen molar-refractivity contribution in [2.45, 2.75) is 26.7 Å². The number of hydrogen-bond acceptors (Lipinski definition) is 2. The maximum Gasteiger partial charge on any atom is 0.0696 e. The van der Waals surface area contributed by atoms with Gasteiger partial charge in [0.05, 0.1) is 13.2 Å². The van der Waals surface area contributed by atoms with Crippen molar-refractivity contribution >= 4 is 15.9 Å². The Kier molecular flexibility index (Phi) is 21.0. The van der Waals surface area contributed by atoms with E-state index in [1.807, 2.05) is 6.07 Å². The lowest BCUT2D eigenvalue weighted by atomic mass is 10.2. The summed E-state index contributed by atoms with van der Waals surface area (Å²) in [6.07, 6.45) is 2.38. The molecule has 106 valence electrons. The van der Waals surface area contributed by atoms with E-state index in [1.165, 1.54) is 12.0 Å². The third-order valence-electron chi connectivity index (χ3n) is 1.93. The zero-order valence-corrected chi connectivity index (χ0v) is 13.7. The molecule has 0 spiro atoms. The van der Waals surface area contributed by atoms with Gasteiger partial charge >= 0.3 is 0 Å². The van der Waals surface area contributed by atoms with Crippen molar-refractivity contribution in [3.8, 4) is 0 Å². The first-order valence-electron chi connectivity index (χ1n) is 6.34. The highest BCUT2D eigenvalue weighted by molar-refractivity contribution is 9.09. The van der Waals surface area contributed by atoms with Crippen molar-refractivity contribution in [2.24, 2.45) is 0 Å². The van der Waals surface area contributed by atoms with Crippen molar-refractivity contribution in [3.63, 3.8) is 0 Å². The standard InChI is InChI=1S/C8H10.C4H10O2.C3H7Br/c1-2-8-6-4-3-5-7-8;1-5-3-4-6-2;1-2-3-4/h3-7H,2H2,1H3;3-4H2,1-2H3;2-3H2,1H3. The van der Waals surface area contributed by atoms with Gasteiger partial charge in [-0.3, -0.25) is 0 Å². The summed E-state index contributed by atoms with van der Waals surface area (Å²) in [5, 5.41) is 1.13. The molecule has 2 nitrogen and oxygen atoms in total. The summed E-state index contributed by atoms with van der Waals surface area (Å²) in [4.78, 5) is 0. The molecule has 0 heterocycles. The molecule has 0 amide bonds. The van der Waals surface area contributed by atoms with Crippen molar-refractivity contribution in [1.29, 1.82) is 0 Å². The molecule has 0 aliphatic rings. The second kappa shape index (κ2) is 19.0. The molecule has 0 atom stereocenters. The highest BCUT2D eigenvalue weighted by Crippen LogP contribution is 1.96. The fourth-order valence-electron chi connectivity index (χ4n) is 0.880. The van der Waals surface area contributed by atoms with Gasteiger partial charge in [0.2, 0.25) is 0 Å². The van der Waals surface area contributed by atoms with Gasteiger partial charge in [0.1, 0.15) is 0 Å². The van der Waals surface area contributed by atoms with Crippen LogP contribution < -0.4 is 0 Å². The molecule has 0 unspecified atom stereocenters. The summed E-state index contributed by atoms with van der Waals surface area (Å²) < 4.78 is 9.31. The largest absolute Gasteiger partial charge is 0.382 e. The minimum absolute atomic E-state index is 0.691. The average Bonchev–Trinajstić information content (AvgIpc) is 2.47. The Labute approximate surface area is 121 Å². The highest BCUT2D eigenvalue weighted by atomic mass is 79.9. The van der Waals surface area contributed by atoms with Crippen LogP contribution in [-0.2, 0) is 15.9 Å². The van der Waals surface area contributed by atoms with Crippen LogP contribution in [0.25, 0.3) is 0 Å². The number of ether oxygens (including phenoxy) is 2. The zero-order chi connectivity index (χ0) is 14.1. The molecule has 18 heavy (non-hydrogen) atoms. The number of methoxy groups -OCH3 is 2. The number of rotatable bonds is 5. The molecule has 0 saturated carbocycles. The van der Waals surface area contributed by atoms with Crippen LogP contribution in [0.15, 0.2) is 30.3 Å². The first kappa shape index (κ1) is 19.9. The fraction of sp³-hybridized carbons (Fsp3) is 0.600. The number of hydrogen-bond donors (Lipinski definition) is 0. The predicted octanol–water partition coefficient (Wildman–Crippen LogP) is 4.32. The zero-order valence-electron chi connectivity index (χ0n) is 12.1. The second-order valence-electron chi connectivity index (χ2n) is 3.51. The van der Waals surface area contributed by atoms with Gasteiger partial charge in [-0.25, -0.2) is 0 Å². The van der Waals surface area contributed by atoms with Crippen LogP contribution in [0.2, 0.25) is 0 Å². The minimum Gasteiger partial charge on any atom is -0.382 e. The molecule has 0 aromatic heterocycles. The van der Waals surface area contributed by atoms with E-state index in [9.17, 15) is 0 Å². The predicted molar refractivity (Wildman–Crippen MR) is 83.7 cm³/mol. The van der Waals surface area contributed by atoms with Crippen molar-refractivity contribution in [1.82, 2.24) is 0 Å². The van der Waals surface area contributed by atoms with Gasteiger partial charge in [-0.2, -0.15) is 0 Å². The fourth-order valence-corrected chi connectivity index (χ4v) is 0.880. The summed E-state index contributed by atoms with van der Waals surface area (Å²) in [5.74, 6) is 0. The lowest BCUT2D eigenvalue weighted by molar-refractivity contribution is 0.103. The Balaban J connectivity index is 0. The molecule has 1 rings (SSSR count). The average molecular weight is 319 g/mol. The van der Waals surface area contributed by atoms with Gasteiger partial charge in [-0.1, -0.05) is 60.1 Å². The van der Waals surface area contributed by atoms with Gasteiger partial charge in [0.15, 0.2) is 0 Å². The van der Waals surface area contributed by atoms with E-state index in [0.717, 1.165) is 11.8 Å². The Morgan fingerprint density at radius 1 is 0.944 bits per heavy atom. The Morgan fingerprint density at radius 2 is 1.39 bits per heavy atom. The number of alkyl halides is 1. The number of benzene rings is 1. The molecule has 0 aliphatic heterocycles. The van der Waals surface area contributed by atoms with E-state index < -0.39 is 0 Å². The van der Waals surface area contributed by atoms with Gasteiger partial charge in [-0.15, -0.1) is 0 Å². The molecule has 1 aromatic carbocycles. The van der Waals surface area contributed by atoms with Crippen LogP contribution in [0, 0.1) is 0 Å². The summed E-state index contributed by atoms with van der Waals surface area (Å²) >= 11 is 3.25. The second-order valence-corrected chi connectivity index (χ2v) is 4.31. The van der Waals surface area contributed by atoms with Crippen molar-refractivity contribution in [3.05, 3.63) is 35.9 Å². The van der Waals surface area contributed by atoms with Crippen LogP contribution in [0.1, 0.15) is 25.8 Å². The molecule has 0 saturated heterocycles. The molecule has 3 heteroatoms. The van der Waals surface area contributed by atoms with E-state index in [2.05, 4.69) is 63.5 Å². The molecular formula is C15H27BrO2. The molecule has 0 fully saturated rings. The molecule has 0 N–H and O–H groups in total. The Hall–Kier alpha value is -0.380. The SMILES string of the molecule is CCCBr.CCc1ccccc1.COCCOC. The van der Waals surface area contributed by atoms with Crippen LogP contribution in [0.5, 0.6) is 0 Å². The first-order chi connectivity index (χ1) is 8.76. The Bertz CT molecular complexity index is 221. The van der Waals surface area contributed by atoms with E-state index in [-0.39, 0.29) is 0 Å². The molecule has 0 radical (unpaired) electrons. The third-order valence-corrected chi connectivity index (χ3v) is 2.72. The summed E-state index contributed by atoms with van der Waals surface area (Å²) in [5.41, 5.74) is 1.41. The highest BCUT2D eigenvalue weighted by Gasteiger charge is 1.80. The maximum absolute atomic E-state index is 4.66. The van der Waals surface area contributed by atoms with Gasteiger partial charge in [-0.05, 0) is 18.4 Å². The summed E-state index contributed by atoms with van der Waals surface area (Å²) in [7, 11) is 3.30. The Morgan fingerprint density at radius 3 is 1.61 bits per heavy atom. The van der Waals surface area contributed by atoms with Crippen LogP contribution in [0.4, 0.5) is 0 Å². The quantitative estimate of drug-likeness (QED) is 0.594. The normalized spacial score (nSPS) is 8.72. The lowest BCUT2D eigenvalue weighted by Gasteiger charge is -1.91. The van der Waals surface area contributed by atoms with E-state index in [0.29, 0.717) is 13.2 Å². The number of aryl methyl sites for hydroxylation is 1. The third kappa shape index (κ3) is 18.0. The number of halogens is 1.